The van der Waals surface area contributed by atoms with E-state index in [2.05, 4.69) is 15.3 Å². The molecule has 2 rings (SSSR count). The Morgan fingerprint density at radius 3 is 2.72 bits per heavy atom. The van der Waals surface area contributed by atoms with Gasteiger partial charge < -0.3 is 20.3 Å². The Morgan fingerprint density at radius 2 is 2.11 bits per heavy atom. The van der Waals surface area contributed by atoms with Crippen LogP contribution in [0.1, 0.15) is 13.3 Å². The fourth-order valence-corrected chi connectivity index (χ4v) is 1.81. The van der Waals surface area contributed by atoms with Crippen molar-refractivity contribution in [2.75, 3.05) is 18.0 Å². The van der Waals surface area contributed by atoms with Crippen LogP contribution in [0, 0.1) is 0 Å². The summed E-state index contributed by atoms with van der Waals surface area (Å²) < 4.78 is 0. The number of rotatable bonds is 2. The predicted molar refractivity (Wildman–Crippen MR) is 66.3 cm³/mol. The average Bonchev–Trinajstić information content (AvgIpc) is 2.52. The van der Waals surface area contributed by atoms with Crippen LogP contribution < -0.4 is 15.7 Å². The van der Waals surface area contributed by atoms with E-state index in [4.69, 9.17) is 10.0 Å². The van der Waals surface area contributed by atoms with Gasteiger partial charge in [-0.1, -0.05) is 0 Å². The minimum absolute atomic E-state index is 0.0201. The van der Waals surface area contributed by atoms with Gasteiger partial charge in [-0.2, -0.15) is 0 Å². The summed E-state index contributed by atoms with van der Waals surface area (Å²) in [5.41, 5.74) is 0.246. The van der Waals surface area contributed by atoms with Crippen molar-refractivity contribution in [3.8, 4) is 0 Å². The molecular formula is C10H15BN4O3. The molecule has 1 saturated heterocycles. The minimum Gasteiger partial charge on any atom is -0.423 e. The molecule has 18 heavy (non-hydrogen) atoms. The summed E-state index contributed by atoms with van der Waals surface area (Å²) in [5.74, 6) is 0.509. The van der Waals surface area contributed by atoms with Gasteiger partial charge in [0, 0.05) is 43.4 Å². The van der Waals surface area contributed by atoms with Gasteiger partial charge in [0.15, 0.2) is 0 Å². The smallest absolute Gasteiger partial charge is 0.423 e. The Morgan fingerprint density at radius 1 is 1.44 bits per heavy atom. The van der Waals surface area contributed by atoms with Crippen LogP contribution in [0.25, 0.3) is 0 Å². The maximum atomic E-state index is 11.3. The molecule has 1 aromatic heterocycles. The van der Waals surface area contributed by atoms with E-state index in [1.165, 1.54) is 12.4 Å². The number of carbonyl (C=O) groups excluding carboxylic acids is 1. The Bertz CT molecular complexity index is 426. The Labute approximate surface area is 105 Å². The van der Waals surface area contributed by atoms with Gasteiger partial charge in [-0.05, 0) is 6.92 Å². The molecule has 2 heterocycles. The molecule has 1 amide bonds. The minimum atomic E-state index is -1.57. The van der Waals surface area contributed by atoms with Crippen LogP contribution in [0.3, 0.4) is 0 Å². The van der Waals surface area contributed by atoms with Gasteiger partial charge in [0.05, 0.1) is 0 Å². The molecule has 8 heteroatoms. The molecular weight excluding hydrogens is 235 g/mol. The zero-order valence-corrected chi connectivity index (χ0v) is 10.1. The average molecular weight is 250 g/mol. The van der Waals surface area contributed by atoms with E-state index >= 15 is 0 Å². The van der Waals surface area contributed by atoms with E-state index in [0.29, 0.717) is 25.5 Å². The second kappa shape index (κ2) is 5.32. The Balaban J connectivity index is 2.16. The van der Waals surface area contributed by atoms with E-state index in [-0.39, 0.29) is 17.4 Å². The van der Waals surface area contributed by atoms with E-state index in [9.17, 15) is 4.79 Å². The first-order chi connectivity index (χ1) is 8.58. The zero-order chi connectivity index (χ0) is 13.1. The molecule has 1 atom stereocenters. The standard InChI is InChI=1S/C10H15BN4O3/c1-7-4-12-9(16)2-3-15(7)10-13-5-8(6-14-10)11(17)18/h5-7,17-18H,2-4H2,1H3,(H,12,16)/t7-/m1/s1. The molecule has 1 aliphatic rings. The lowest BCUT2D eigenvalue weighted by Gasteiger charge is -2.26. The first kappa shape index (κ1) is 12.8. The van der Waals surface area contributed by atoms with Crippen molar-refractivity contribution in [1.29, 1.82) is 0 Å². The molecule has 96 valence electrons. The van der Waals surface area contributed by atoms with Crippen molar-refractivity contribution >= 4 is 24.4 Å². The number of hydrogen-bond acceptors (Lipinski definition) is 6. The summed E-state index contributed by atoms with van der Waals surface area (Å²) in [7, 11) is -1.57. The van der Waals surface area contributed by atoms with Gasteiger partial charge in [0.25, 0.3) is 0 Å². The topological polar surface area (TPSA) is 98.6 Å². The zero-order valence-electron chi connectivity index (χ0n) is 10.1. The normalized spacial score (nSPS) is 20.3. The predicted octanol–water partition coefficient (Wildman–Crippen LogP) is -2.13. The van der Waals surface area contributed by atoms with Crippen molar-refractivity contribution < 1.29 is 14.8 Å². The molecule has 0 spiro atoms. The fraction of sp³-hybridized carbons (Fsp3) is 0.500. The maximum Gasteiger partial charge on any atom is 0.491 e. The molecule has 1 fully saturated rings. The summed E-state index contributed by atoms with van der Waals surface area (Å²) in [6, 6.07) is 0.0985. The highest BCUT2D eigenvalue weighted by atomic mass is 16.4. The van der Waals surface area contributed by atoms with Gasteiger partial charge in [-0.25, -0.2) is 9.97 Å². The highest BCUT2D eigenvalue weighted by Gasteiger charge is 2.22. The highest BCUT2D eigenvalue weighted by molar-refractivity contribution is 6.58. The second-order valence-electron chi connectivity index (χ2n) is 4.29. The van der Waals surface area contributed by atoms with Gasteiger partial charge in [0.1, 0.15) is 0 Å². The first-order valence-electron chi connectivity index (χ1n) is 5.79. The molecule has 0 radical (unpaired) electrons. The number of anilines is 1. The van der Waals surface area contributed by atoms with Crippen LogP contribution in [0.4, 0.5) is 5.95 Å². The van der Waals surface area contributed by atoms with Gasteiger partial charge in [-0.15, -0.1) is 0 Å². The fourth-order valence-electron chi connectivity index (χ4n) is 1.81. The van der Waals surface area contributed by atoms with Gasteiger partial charge in [-0.3, -0.25) is 4.79 Å². The number of hydrogen-bond donors (Lipinski definition) is 3. The summed E-state index contributed by atoms with van der Waals surface area (Å²) in [6.07, 6.45) is 3.15. The first-order valence-corrected chi connectivity index (χ1v) is 5.79. The summed E-state index contributed by atoms with van der Waals surface area (Å²) in [6.45, 7) is 3.07. The quantitative estimate of drug-likeness (QED) is 0.519. The maximum absolute atomic E-state index is 11.3. The number of nitrogens with one attached hydrogen (secondary N) is 1. The molecule has 0 unspecified atom stereocenters. The van der Waals surface area contributed by atoms with Crippen molar-refractivity contribution in [3.63, 3.8) is 0 Å². The number of amides is 1. The Hall–Kier alpha value is -1.67. The van der Waals surface area contributed by atoms with E-state index < -0.39 is 7.12 Å². The molecule has 0 saturated carbocycles. The van der Waals surface area contributed by atoms with Crippen LogP contribution in [-0.4, -0.2) is 52.2 Å². The van der Waals surface area contributed by atoms with E-state index in [1.54, 1.807) is 0 Å². The van der Waals surface area contributed by atoms with Crippen LogP contribution in [-0.2, 0) is 4.79 Å². The highest BCUT2D eigenvalue weighted by Crippen LogP contribution is 2.12. The Kier molecular flexibility index (Phi) is 3.78. The largest absolute Gasteiger partial charge is 0.491 e. The lowest BCUT2D eigenvalue weighted by Crippen LogP contribution is -2.39. The molecule has 1 aromatic rings. The monoisotopic (exact) mass is 250 g/mol. The van der Waals surface area contributed by atoms with Crippen molar-refractivity contribution in [2.24, 2.45) is 0 Å². The molecule has 0 aromatic carbocycles. The van der Waals surface area contributed by atoms with Crippen molar-refractivity contribution in [2.45, 2.75) is 19.4 Å². The van der Waals surface area contributed by atoms with Crippen LogP contribution in [0.15, 0.2) is 12.4 Å². The lowest BCUT2D eigenvalue weighted by molar-refractivity contribution is -0.120. The molecule has 0 aliphatic carbocycles. The van der Waals surface area contributed by atoms with Crippen LogP contribution in [0.2, 0.25) is 0 Å². The summed E-state index contributed by atoms with van der Waals surface area (Å²) >= 11 is 0. The third kappa shape index (κ3) is 2.77. The number of aromatic nitrogens is 2. The number of carbonyl (C=O) groups is 1. The van der Waals surface area contributed by atoms with Crippen molar-refractivity contribution in [1.82, 2.24) is 15.3 Å². The third-order valence-corrected chi connectivity index (χ3v) is 2.92. The molecule has 0 bridgehead atoms. The molecule has 7 nitrogen and oxygen atoms in total. The third-order valence-electron chi connectivity index (χ3n) is 2.92. The second-order valence-corrected chi connectivity index (χ2v) is 4.29. The van der Waals surface area contributed by atoms with Crippen LogP contribution >= 0.6 is 0 Å². The lowest BCUT2D eigenvalue weighted by atomic mass is 9.83. The summed E-state index contributed by atoms with van der Waals surface area (Å²) in [5, 5.41) is 20.7. The van der Waals surface area contributed by atoms with Crippen molar-refractivity contribution in [3.05, 3.63) is 12.4 Å². The summed E-state index contributed by atoms with van der Waals surface area (Å²) in [4.78, 5) is 21.4. The van der Waals surface area contributed by atoms with Gasteiger partial charge in [0.2, 0.25) is 11.9 Å². The van der Waals surface area contributed by atoms with Gasteiger partial charge >= 0.3 is 7.12 Å². The van der Waals surface area contributed by atoms with E-state index in [0.717, 1.165) is 0 Å². The van der Waals surface area contributed by atoms with Crippen LogP contribution in [0.5, 0.6) is 0 Å². The molecule has 1 aliphatic heterocycles. The molecule has 3 N–H and O–H groups in total. The van der Waals surface area contributed by atoms with E-state index in [1.807, 2.05) is 11.8 Å². The number of nitrogens with zero attached hydrogens (tertiary/aromatic N) is 3. The SMILES string of the molecule is C[C@@H]1CNC(=O)CCN1c1ncc(B(O)O)cn1.